The summed E-state index contributed by atoms with van der Waals surface area (Å²) in [4.78, 5) is 33.3. The molecule has 19 heteroatoms. The Morgan fingerprint density at radius 1 is 0.724 bits per heavy atom. The second-order valence-electron chi connectivity index (χ2n) is 13.4. The fourth-order valence-corrected chi connectivity index (χ4v) is 6.21. The van der Waals surface area contributed by atoms with Crippen molar-refractivity contribution >= 4 is 63.5 Å². The van der Waals surface area contributed by atoms with Gasteiger partial charge in [-0.2, -0.15) is 19.2 Å². The van der Waals surface area contributed by atoms with Crippen molar-refractivity contribution < 1.29 is 28.5 Å². The molecule has 4 aromatic heterocycles. The van der Waals surface area contributed by atoms with Crippen molar-refractivity contribution in [3.05, 3.63) is 77.2 Å². The summed E-state index contributed by atoms with van der Waals surface area (Å²) in [6, 6.07) is 15.2. The standard InChI is InChI=1S/C19H20N6O3.C11H12ClN5O.C8H9NO2.CH4/c1-20-16-9-15(23-13-3-2-4-14-17(13)28-8-7-27-14)24-18-12(10-21-25(16)18)19(26)22-11-5-6-11;1-13-9-4-8(12)16-10-7(5-14-17(9)10)11(18)15-6-2-3-6;9-6-2-1-3-7-8(6)11-5-4-10-7;/h2-4,9-11,20H,5-8H2,1H3,(H,22,26)(H,23,24);4-6,13H,2-3H2,1H3,(H,15,18);1-3H,4-5,9H2;1H4. The number of nitrogens with one attached hydrogen (secondary N) is 5. The number of nitrogens with two attached hydrogens (primary N) is 1. The van der Waals surface area contributed by atoms with Gasteiger partial charge < -0.3 is 51.3 Å². The molecule has 58 heavy (non-hydrogen) atoms. The van der Waals surface area contributed by atoms with E-state index in [4.69, 9.17) is 36.3 Å². The number of halogens is 1. The molecule has 0 unspecified atom stereocenters. The van der Waals surface area contributed by atoms with Gasteiger partial charge in [-0.15, -0.1) is 0 Å². The van der Waals surface area contributed by atoms with Crippen LogP contribution in [0.15, 0.2) is 60.9 Å². The third-order valence-corrected chi connectivity index (χ3v) is 9.36. The van der Waals surface area contributed by atoms with Gasteiger partial charge in [-0.05, 0) is 49.9 Å². The number of amides is 2. The first-order chi connectivity index (χ1) is 27.8. The number of ether oxygens (including phenoxy) is 4. The van der Waals surface area contributed by atoms with E-state index in [-0.39, 0.29) is 25.3 Å². The van der Waals surface area contributed by atoms with Crippen LogP contribution in [0.2, 0.25) is 5.15 Å². The second-order valence-corrected chi connectivity index (χ2v) is 13.8. The van der Waals surface area contributed by atoms with E-state index in [2.05, 4.69) is 46.7 Å². The second kappa shape index (κ2) is 17.2. The van der Waals surface area contributed by atoms with E-state index in [0.717, 1.165) is 37.1 Å². The Morgan fingerprint density at radius 2 is 1.24 bits per heavy atom. The first-order valence-corrected chi connectivity index (χ1v) is 18.9. The number of fused-ring (bicyclic) bond motifs is 4. The third kappa shape index (κ3) is 8.66. The van der Waals surface area contributed by atoms with Crippen molar-refractivity contribution in [1.29, 1.82) is 0 Å². The Balaban J connectivity index is 0.000000146. The zero-order chi connectivity index (χ0) is 39.5. The summed E-state index contributed by atoms with van der Waals surface area (Å²) in [7, 11) is 3.56. The van der Waals surface area contributed by atoms with Crippen LogP contribution >= 0.6 is 11.6 Å². The van der Waals surface area contributed by atoms with Gasteiger partial charge in [0.15, 0.2) is 34.3 Å². The number of anilines is 5. The van der Waals surface area contributed by atoms with Gasteiger partial charge in [0.1, 0.15) is 60.2 Å². The van der Waals surface area contributed by atoms with Gasteiger partial charge in [-0.25, -0.2) is 9.97 Å². The Bertz CT molecular complexity index is 2450. The van der Waals surface area contributed by atoms with Crippen LogP contribution in [0.1, 0.15) is 53.8 Å². The SMILES string of the molecule is C.CNc1cc(Cl)nc2c(C(=O)NC3CC3)cnn12.CNc1cc(Nc2cccc3c2OCCO3)nc2c(C(=O)NC3CC3)cnn12.Nc1cccc2c1OCCO2. The van der Waals surface area contributed by atoms with E-state index in [1.807, 2.05) is 36.4 Å². The fraction of sp³-hybridized carbons (Fsp3) is 0.333. The number of benzene rings is 2. The lowest BCUT2D eigenvalue weighted by molar-refractivity contribution is 0.0944. The van der Waals surface area contributed by atoms with Crippen LogP contribution in [0, 0.1) is 0 Å². The van der Waals surface area contributed by atoms with E-state index in [1.165, 1.54) is 6.20 Å². The van der Waals surface area contributed by atoms with Gasteiger partial charge in [0.25, 0.3) is 11.8 Å². The maximum Gasteiger partial charge on any atom is 0.256 e. The molecule has 2 aliphatic heterocycles. The van der Waals surface area contributed by atoms with Gasteiger partial charge in [-0.1, -0.05) is 31.2 Å². The van der Waals surface area contributed by atoms with Gasteiger partial charge in [-0.3, -0.25) is 9.59 Å². The Labute approximate surface area is 338 Å². The molecule has 7 N–H and O–H groups in total. The molecule has 0 radical (unpaired) electrons. The first-order valence-electron chi connectivity index (χ1n) is 18.5. The highest BCUT2D eigenvalue weighted by Gasteiger charge is 2.27. The predicted octanol–water partition coefficient (Wildman–Crippen LogP) is 5.17. The number of para-hydroxylation sites is 2. The van der Waals surface area contributed by atoms with Crippen LogP contribution in [-0.4, -0.2) is 93.6 Å². The summed E-state index contributed by atoms with van der Waals surface area (Å²) in [5.74, 6) is 4.44. The molecule has 4 aliphatic rings. The van der Waals surface area contributed by atoms with Crippen LogP contribution in [0.3, 0.4) is 0 Å². The van der Waals surface area contributed by atoms with Crippen molar-refractivity contribution in [1.82, 2.24) is 39.8 Å². The Morgan fingerprint density at radius 3 is 1.81 bits per heavy atom. The van der Waals surface area contributed by atoms with Crippen LogP contribution in [0.4, 0.5) is 28.8 Å². The Kier molecular flexibility index (Phi) is 11.7. The third-order valence-electron chi connectivity index (χ3n) is 9.16. The van der Waals surface area contributed by atoms with E-state index in [0.29, 0.717) is 100 Å². The molecule has 2 fully saturated rings. The van der Waals surface area contributed by atoms with E-state index in [9.17, 15) is 9.59 Å². The fourth-order valence-electron chi connectivity index (χ4n) is 6.02. The van der Waals surface area contributed by atoms with Crippen molar-refractivity contribution in [2.75, 3.05) is 62.2 Å². The van der Waals surface area contributed by atoms with Gasteiger partial charge >= 0.3 is 0 Å². The zero-order valence-corrected chi connectivity index (χ0v) is 31.9. The summed E-state index contributed by atoms with van der Waals surface area (Å²) in [6.07, 6.45) is 7.19. The molecule has 0 bridgehead atoms. The minimum absolute atomic E-state index is 0. The summed E-state index contributed by atoms with van der Waals surface area (Å²) in [5.41, 5.74) is 8.86. The first kappa shape index (κ1) is 39.5. The molecule has 2 aliphatic carbocycles. The molecule has 10 rings (SSSR count). The molecule has 2 aromatic carbocycles. The molecule has 0 spiro atoms. The molecule has 2 saturated carbocycles. The number of carbonyl (C=O) groups excluding carboxylic acids is 2. The van der Waals surface area contributed by atoms with Crippen LogP contribution in [0.25, 0.3) is 11.3 Å². The van der Waals surface area contributed by atoms with E-state index in [1.54, 1.807) is 41.5 Å². The summed E-state index contributed by atoms with van der Waals surface area (Å²) >= 11 is 5.93. The van der Waals surface area contributed by atoms with Crippen molar-refractivity contribution in [3.8, 4) is 23.0 Å². The quantitative estimate of drug-likeness (QED) is 0.0864. The molecular formula is C39H45ClN12O6. The average molecular weight is 813 g/mol. The molecule has 2 amide bonds. The number of hydrogen-bond acceptors (Lipinski definition) is 14. The summed E-state index contributed by atoms with van der Waals surface area (Å²) in [6.45, 7) is 2.21. The maximum absolute atomic E-state index is 12.5. The molecule has 6 aromatic rings. The number of hydrogen-bond donors (Lipinski definition) is 6. The molecule has 18 nitrogen and oxygen atoms in total. The average Bonchev–Trinajstić information content (AvgIpc) is 4.15. The van der Waals surface area contributed by atoms with Gasteiger partial charge in [0.2, 0.25) is 0 Å². The highest BCUT2D eigenvalue weighted by Crippen LogP contribution is 2.39. The summed E-state index contributed by atoms with van der Waals surface area (Å²) in [5, 5.41) is 24.0. The van der Waals surface area contributed by atoms with Crippen LogP contribution < -0.4 is 51.3 Å². The van der Waals surface area contributed by atoms with E-state index < -0.39 is 0 Å². The normalized spacial score (nSPS) is 14.7. The largest absolute Gasteiger partial charge is 0.486 e. The molecule has 0 atom stereocenters. The van der Waals surface area contributed by atoms with Crippen molar-refractivity contribution in [2.45, 2.75) is 45.2 Å². The number of carbonyl (C=O) groups is 2. The van der Waals surface area contributed by atoms with Gasteiger partial charge in [0, 0.05) is 38.3 Å². The predicted molar refractivity (Wildman–Crippen MR) is 220 cm³/mol. The highest BCUT2D eigenvalue weighted by atomic mass is 35.5. The minimum Gasteiger partial charge on any atom is -0.486 e. The van der Waals surface area contributed by atoms with Crippen LogP contribution in [-0.2, 0) is 0 Å². The lowest BCUT2D eigenvalue weighted by Crippen LogP contribution is -2.25. The van der Waals surface area contributed by atoms with Crippen molar-refractivity contribution in [2.24, 2.45) is 0 Å². The monoisotopic (exact) mass is 812 g/mol. The van der Waals surface area contributed by atoms with Crippen molar-refractivity contribution in [3.63, 3.8) is 0 Å². The molecule has 6 heterocycles. The highest BCUT2D eigenvalue weighted by molar-refractivity contribution is 6.29. The number of nitrogens with zero attached hydrogens (tertiary/aromatic N) is 6. The number of aromatic nitrogens is 6. The number of rotatable bonds is 8. The van der Waals surface area contributed by atoms with E-state index >= 15 is 0 Å². The summed E-state index contributed by atoms with van der Waals surface area (Å²) < 4.78 is 25.2. The smallest absolute Gasteiger partial charge is 0.256 e. The maximum atomic E-state index is 12.5. The van der Waals surface area contributed by atoms with Crippen LogP contribution in [0.5, 0.6) is 23.0 Å². The Hall–Kier alpha value is -6.69. The minimum atomic E-state index is -0.155. The zero-order valence-electron chi connectivity index (χ0n) is 31.2. The molecule has 0 saturated heterocycles. The molecule has 304 valence electrons. The number of nitrogen functional groups attached to an aromatic ring is 1. The van der Waals surface area contributed by atoms with Gasteiger partial charge in [0.05, 0.1) is 23.8 Å². The molecular weight excluding hydrogens is 768 g/mol. The topological polar surface area (TPSA) is 218 Å². The lowest BCUT2D eigenvalue weighted by atomic mass is 10.2. The lowest BCUT2D eigenvalue weighted by Gasteiger charge is -2.21.